The number of carbonyl (C=O) groups is 1. The highest BCUT2D eigenvalue weighted by Gasteiger charge is 2.21. The van der Waals surface area contributed by atoms with E-state index < -0.39 is 0 Å². The molecule has 0 saturated carbocycles. The first kappa shape index (κ1) is 15.2. The van der Waals surface area contributed by atoms with Gasteiger partial charge in [-0.15, -0.1) is 0 Å². The van der Waals surface area contributed by atoms with Gasteiger partial charge in [0.05, 0.1) is 22.3 Å². The van der Waals surface area contributed by atoms with Crippen molar-refractivity contribution in [1.82, 2.24) is 4.98 Å². The predicted octanol–water partition coefficient (Wildman–Crippen LogP) is 4.15. The Morgan fingerprint density at radius 3 is 2.74 bits per heavy atom. The summed E-state index contributed by atoms with van der Waals surface area (Å²) in [5.41, 5.74) is 7.83. The molecule has 2 aromatic carbocycles. The molecule has 4 nitrogen and oxygen atoms in total. The molecule has 0 fully saturated rings. The third-order valence-electron chi connectivity index (χ3n) is 3.23. The first-order valence-electron chi connectivity index (χ1n) is 6.66. The summed E-state index contributed by atoms with van der Waals surface area (Å²) in [6, 6.07) is 15.8. The minimum atomic E-state index is -0.234. The molecular formula is C17H10ClN3OS. The molecule has 0 spiro atoms. The summed E-state index contributed by atoms with van der Waals surface area (Å²) in [6.45, 7) is 0. The zero-order valence-corrected chi connectivity index (χ0v) is 13.4. The first-order valence-corrected chi connectivity index (χ1v) is 7.85. The Balaban J connectivity index is 2.13. The van der Waals surface area contributed by atoms with Gasteiger partial charge in [0.25, 0.3) is 0 Å². The molecule has 0 amide bonds. The van der Waals surface area contributed by atoms with E-state index in [9.17, 15) is 4.79 Å². The van der Waals surface area contributed by atoms with E-state index in [0.29, 0.717) is 32.3 Å². The van der Waals surface area contributed by atoms with Crippen molar-refractivity contribution in [3.8, 4) is 17.3 Å². The SMILES string of the molecule is N#Cc1cccc(-c2nc(N)sc2C(=O)c2ccccc2Cl)c1. The van der Waals surface area contributed by atoms with Crippen molar-refractivity contribution in [2.45, 2.75) is 0 Å². The molecule has 112 valence electrons. The summed E-state index contributed by atoms with van der Waals surface area (Å²) >= 11 is 7.22. The van der Waals surface area contributed by atoms with Crippen LogP contribution < -0.4 is 5.73 Å². The van der Waals surface area contributed by atoms with E-state index >= 15 is 0 Å². The normalized spacial score (nSPS) is 10.3. The van der Waals surface area contributed by atoms with E-state index in [-0.39, 0.29) is 10.9 Å². The maximum absolute atomic E-state index is 12.8. The number of nitrogens with two attached hydrogens (primary N) is 1. The summed E-state index contributed by atoms with van der Waals surface area (Å²) in [6.07, 6.45) is 0. The Morgan fingerprint density at radius 2 is 2.00 bits per heavy atom. The summed E-state index contributed by atoms with van der Waals surface area (Å²) in [5.74, 6) is -0.234. The van der Waals surface area contributed by atoms with E-state index in [0.717, 1.165) is 11.3 Å². The van der Waals surface area contributed by atoms with E-state index in [1.165, 1.54) is 0 Å². The van der Waals surface area contributed by atoms with Crippen LogP contribution >= 0.6 is 22.9 Å². The molecule has 0 aliphatic carbocycles. The average molecular weight is 340 g/mol. The van der Waals surface area contributed by atoms with Gasteiger partial charge >= 0.3 is 0 Å². The van der Waals surface area contributed by atoms with Crippen molar-refractivity contribution in [1.29, 1.82) is 5.26 Å². The number of halogens is 1. The monoisotopic (exact) mass is 339 g/mol. The van der Waals surface area contributed by atoms with Crippen LogP contribution in [0.25, 0.3) is 11.3 Å². The van der Waals surface area contributed by atoms with Gasteiger partial charge in [-0.05, 0) is 24.3 Å². The second-order valence-corrected chi connectivity index (χ2v) is 6.17. The molecule has 1 aromatic heterocycles. The minimum absolute atomic E-state index is 0.234. The molecule has 0 unspecified atom stereocenters. The van der Waals surface area contributed by atoms with Crippen molar-refractivity contribution in [3.05, 3.63) is 69.6 Å². The number of benzene rings is 2. The second-order valence-electron chi connectivity index (χ2n) is 4.73. The summed E-state index contributed by atoms with van der Waals surface area (Å²) in [4.78, 5) is 17.5. The van der Waals surface area contributed by atoms with Crippen molar-refractivity contribution in [2.24, 2.45) is 0 Å². The fraction of sp³-hybridized carbons (Fsp3) is 0. The highest BCUT2D eigenvalue weighted by Crippen LogP contribution is 2.33. The van der Waals surface area contributed by atoms with Gasteiger partial charge in [0, 0.05) is 11.1 Å². The zero-order valence-electron chi connectivity index (χ0n) is 11.8. The highest BCUT2D eigenvalue weighted by molar-refractivity contribution is 7.18. The van der Waals surface area contributed by atoms with Crippen LogP contribution in [-0.4, -0.2) is 10.8 Å². The molecule has 3 rings (SSSR count). The molecule has 3 aromatic rings. The number of thiazole rings is 1. The average Bonchev–Trinajstić information content (AvgIpc) is 2.96. The number of nitrogen functional groups attached to an aromatic ring is 1. The number of carbonyl (C=O) groups excluding carboxylic acids is 1. The van der Waals surface area contributed by atoms with Gasteiger partial charge in [-0.3, -0.25) is 4.79 Å². The topological polar surface area (TPSA) is 79.8 Å². The van der Waals surface area contributed by atoms with Gasteiger partial charge in [0.2, 0.25) is 5.78 Å². The quantitative estimate of drug-likeness (QED) is 0.727. The van der Waals surface area contributed by atoms with Crippen LogP contribution in [0.3, 0.4) is 0 Å². The van der Waals surface area contributed by atoms with Crippen LogP contribution in [0.15, 0.2) is 48.5 Å². The summed E-state index contributed by atoms with van der Waals surface area (Å²) in [5, 5.41) is 9.70. The van der Waals surface area contributed by atoms with Crippen LogP contribution in [0, 0.1) is 11.3 Å². The van der Waals surface area contributed by atoms with Crippen LogP contribution in [0.5, 0.6) is 0 Å². The van der Waals surface area contributed by atoms with Gasteiger partial charge in [-0.2, -0.15) is 5.26 Å². The number of ketones is 1. The third kappa shape index (κ3) is 2.95. The van der Waals surface area contributed by atoms with Crippen LogP contribution in [0.2, 0.25) is 5.02 Å². The number of anilines is 1. The van der Waals surface area contributed by atoms with Crippen LogP contribution in [0.1, 0.15) is 20.8 Å². The van der Waals surface area contributed by atoms with Gasteiger partial charge in [-0.25, -0.2) is 4.98 Å². The highest BCUT2D eigenvalue weighted by atomic mass is 35.5. The molecule has 6 heteroatoms. The maximum atomic E-state index is 12.8. The number of nitrogens with zero attached hydrogens (tertiary/aromatic N) is 2. The third-order valence-corrected chi connectivity index (χ3v) is 4.45. The predicted molar refractivity (Wildman–Crippen MR) is 91.6 cm³/mol. The lowest BCUT2D eigenvalue weighted by Gasteiger charge is -2.04. The van der Waals surface area contributed by atoms with E-state index in [4.69, 9.17) is 22.6 Å². The Kier molecular flexibility index (Phi) is 4.11. The number of hydrogen-bond donors (Lipinski definition) is 1. The Labute approximate surface area is 141 Å². The van der Waals surface area contributed by atoms with Gasteiger partial charge in [0.15, 0.2) is 5.13 Å². The van der Waals surface area contributed by atoms with Crippen LogP contribution in [0.4, 0.5) is 5.13 Å². The van der Waals surface area contributed by atoms with Crippen molar-refractivity contribution in [3.63, 3.8) is 0 Å². The lowest BCUT2D eigenvalue weighted by Crippen LogP contribution is -2.01. The van der Waals surface area contributed by atoms with E-state index in [2.05, 4.69) is 11.1 Å². The lowest BCUT2D eigenvalue weighted by molar-refractivity contribution is 0.104. The van der Waals surface area contributed by atoms with Gasteiger partial charge in [-0.1, -0.05) is 47.2 Å². The fourth-order valence-electron chi connectivity index (χ4n) is 2.19. The summed E-state index contributed by atoms with van der Waals surface area (Å²) < 4.78 is 0. The molecule has 23 heavy (non-hydrogen) atoms. The van der Waals surface area contributed by atoms with Crippen molar-refractivity contribution >= 4 is 33.9 Å². The molecule has 0 atom stereocenters. The summed E-state index contributed by atoms with van der Waals surface area (Å²) in [7, 11) is 0. The molecule has 0 aliphatic heterocycles. The number of hydrogen-bond acceptors (Lipinski definition) is 5. The first-order chi connectivity index (χ1) is 11.1. The Bertz CT molecular complexity index is 943. The van der Waals surface area contributed by atoms with Gasteiger partial charge in [0.1, 0.15) is 4.88 Å². The fourth-order valence-corrected chi connectivity index (χ4v) is 3.22. The standard InChI is InChI=1S/C17H10ClN3OS/c18-13-7-2-1-6-12(13)15(22)16-14(21-17(20)23-16)11-5-3-4-10(8-11)9-19/h1-8H,(H2,20,21). The lowest BCUT2D eigenvalue weighted by atomic mass is 10.0. The molecular weight excluding hydrogens is 330 g/mol. The molecule has 0 aliphatic rings. The van der Waals surface area contributed by atoms with E-state index in [1.807, 2.05) is 0 Å². The maximum Gasteiger partial charge on any atom is 0.206 e. The minimum Gasteiger partial charge on any atom is -0.375 e. The molecule has 1 heterocycles. The van der Waals surface area contributed by atoms with Gasteiger partial charge < -0.3 is 5.73 Å². The van der Waals surface area contributed by atoms with Crippen molar-refractivity contribution in [2.75, 3.05) is 5.73 Å². The van der Waals surface area contributed by atoms with Crippen molar-refractivity contribution < 1.29 is 4.79 Å². The van der Waals surface area contributed by atoms with Crippen LogP contribution in [-0.2, 0) is 0 Å². The molecule has 0 saturated heterocycles. The Morgan fingerprint density at radius 1 is 1.22 bits per heavy atom. The molecule has 2 N–H and O–H groups in total. The number of rotatable bonds is 3. The largest absolute Gasteiger partial charge is 0.375 e. The smallest absolute Gasteiger partial charge is 0.206 e. The number of aromatic nitrogens is 1. The zero-order chi connectivity index (χ0) is 16.4. The molecule has 0 radical (unpaired) electrons. The molecule has 0 bridgehead atoms. The second kappa shape index (κ2) is 6.21. The Hall–Kier alpha value is -2.68. The number of nitriles is 1. The van der Waals surface area contributed by atoms with E-state index in [1.54, 1.807) is 48.5 Å².